The fourth-order valence-electron chi connectivity index (χ4n) is 3.29. The van der Waals surface area contributed by atoms with Crippen molar-refractivity contribution in [3.05, 3.63) is 60.6 Å². The van der Waals surface area contributed by atoms with Gasteiger partial charge in [0.2, 0.25) is 0 Å². The molecule has 9 heteroatoms. The van der Waals surface area contributed by atoms with Gasteiger partial charge in [-0.2, -0.15) is 4.31 Å². The molecular formula is C19H19N3O4S2. The molecular weight excluding hydrogens is 398 g/mol. The molecule has 28 heavy (non-hydrogen) atoms. The maximum atomic E-state index is 13.1. The molecule has 3 heterocycles. The van der Waals surface area contributed by atoms with E-state index in [4.69, 9.17) is 4.42 Å². The van der Waals surface area contributed by atoms with E-state index in [1.54, 1.807) is 35.4 Å². The van der Waals surface area contributed by atoms with Crippen molar-refractivity contribution < 1.29 is 17.6 Å². The number of hydrogen-bond donors (Lipinski definition) is 0. The van der Waals surface area contributed by atoms with E-state index in [-0.39, 0.29) is 22.7 Å². The molecule has 0 spiro atoms. The van der Waals surface area contributed by atoms with Gasteiger partial charge in [-0.05, 0) is 31.2 Å². The van der Waals surface area contributed by atoms with Crippen LogP contribution in [0.15, 0.2) is 63.7 Å². The second-order valence-electron chi connectivity index (χ2n) is 6.57. The van der Waals surface area contributed by atoms with E-state index in [2.05, 4.69) is 4.98 Å². The monoisotopic (exact) mass is 417 g/mol. The first-order chi connectivity index (χ1) is 13.5. The fraction of sp³-hybridized carbons (Fsp3) is 0.263. The Hall–Kier alpha value is -2.49. The summed E-state index contributed by atoms with van der Waals surface area (Å²) in [7, 11) is -3.64. The fourth-order valence-corrected chi connectivity index (χ4v) is 6.29. The molecule has 0 aliphatic carbocycles. The predicted octanol–water partition coefficient (Wildman–Crippen LogP) is 2.94. The van der Waals surface area contributed by atoms with Gasteiger partial charge < -0.3 is 9.32 Å². The van der Waals surface area contributed by atoms with Gasteiger partial charge in [0.05, 0.1) is 11.1 Å². The Morgan fingerprint density at radius 1 is 1.18 bits per heavy atom. The van der Waals surface area contributed by atoms with E-state index in [1.807, 2.05) is 25.1 Å². The van der Waals surface area contributed by atoms with Gasteiger partial charge in [-0.25, -0.2) is 13.4 Å². The lowest BCUT2D eigenvalue weighted by Crippen LogP contribution is -2.55. The number of piperazine rings is 1. The summed E-state index contributed by atoms with van der Waals surface area (Å²) in [5.41, 5.74) is 0.612. The molecule has 0 bridgehead atoms. The van der Waals surface area contributed by atoms with Crippen LogP contribution in [0.4, 0.5) is 0 Å². The van der Waals surface area contributed by atoms with Gasteiger partial charge in [-0.3, -0.25) is 4.79 Å². The molecule has 1 aliphatic rings. The van der Waals surface area contributed by atoms with Crippen molar-refractivity contribution in [1.29, 1.82) is 0 Å². The summed E-state index contributed by atoms with van der Waals surface area (Å²) in [6.07, 6.45) is 2.87. The summed E-state index contributed by atoms with van der Waals surface area (Å²) in [6.45, 7) is 2.80. The zero-order valence-electron chi connectivity index (χ0n) is 15.2. The van der Waals surface area contributed by atoms with Gasteiger partial charge in [-0.15, -0.1) is 11.3 Å². The molecule has 2 aromatic heterocycles. The van der Waals surface area contributed by atoms with Crippen molar-refractivity contribution in [2.24, 2.45) is 0 Å². The second-order valence-corrected chi connectivity index (χ2v) is 9.77. The normalized spacial score (nSPS) is 18.3. The van der Waals surface area contributed by atoms with E-state index in [1.165, 1.54) is 10.7 Å². The Kier molecular flexibility index (Phi) is 5.05. The molecule has 1 fully saturated rings. The maximum Gasteiger partial charge on any atom is 0.253 e. The number of benzene rings is 1. The van der Waals surface area contributed by atoms with Crippen LogP contribution >= 0.6 is 11.3 Å². The van der Waals surface area contributed by atoms with Gasteiger partial charge in [0.1, 0.15) is 4.21 Å². The maximum absolute atomic E-state index is 13.1. The lowest BCUT2D eigenvalue weighted by molar-refractivity contribution is 0.0642. The molecule has 0 N–H and O–H groups in total. The lowest BCUT2D eigenvalue weighted by atomic mass is 10.1. The van der Waals surface area contributed by atoms with Crippen molar-refractivity contribution in [2.75, 3.05) is 19.6 Å². The number of nitrogens with zero attached hydrogens (tertiary/aromatic N) is 3. The largest absolute Gasteiger partial charge is 0.443 e. The van der Waals surface area contributed by atoms with Crippen molar-refractivity contribution in [3.8, 4) is 10.6 Å². The van der Waals surface area contributed by atoms with Crippen molar-refractivity contribution in [3.63, 3.8) is 0 Å². The molecule has 1 atom stereocenters. The smallest absolute Gasteiger partial charge is 0.253 e. The molecule has 1 amide bonds. The summed E-state index contributed by atoms with van der Waals surface area (Å²) in [5.74, 6) is 0.464. The second kappa shape index (κ2) is 7.50. The average molecular weight is 418 g/mol. The Labute approximate surface area is 167 Å². The summed E-state index contributed by atoms with van der Waals surface area (Å²) >= 11 is 1.15. The minimum atomic E-state index is -3.64. The van der Waals surface area contributed by atoms with Crippen LogP contribution in [0.5, 0.6) is 0 Å². The summed E-state index contributed by atoms with van der Waals surface area (Å²) in [4.78, 5) is 18.9. The van der Waals surface area contributed by atoms with Crippen molar-refractivity contribution in [1.82, 2.24) is 14.2 Å². The van der Waals surface area contributed by atoms with Crippen molar-refractivity contribution in [2.45, 2.75) is 17.2 Å². The van der Waals surface area contributed by atoms with E-state index in [0.717, 1.165) is 11.3 Å². The topological polar surface area (TPSA) is 83.7 Å². The molecule has 1 saturated heterocycles. The Morgan fingerprint density at radius 3 is 2.64 bits per heavy atom. The standard InChI is InChI=1S/C19H19N3O4S2/c1-14-12-21(19(23)15-5-3-2-4-6-15)9-10-22(14)28(24,25)18-8-7-17(27-18)16-11-20-13-26-16/h2-8,11,13-14H,9-10,12H2,1H3/t14-/m1/s1. The summed E-state index contributed by atoms with van der Waals surface area (Å²) < 4.78 is 33.2. The number of carbonyl (C=O) groups excluding carboxylic acids is 1. The number of rotatable bonds is 4. The molecule has 0 saturated carbocycles. The van der Waals surface area contributed by atoms with Gasteiger partial charge in [-0.1, -0.05) is 18.2 Å². The Bertz CT molecular complexity index is 1060. The molecule has 0 radical (unpaired) electrons. The summed E-state index contributed by atoms with van der Waals surface area (Å²) in [6, 6.07) is 12.0. The van der Waals surface area contributed by atoms with Gasteiger partial charge in [0, 0.05) is 31.2 Å². The zero-order valence-corrected chi connectivity index (χ0v) is 16.8. The van der Waals surface area contributed by atoms with Gasteiger partial charge in [0.15, 0.2) is 12.2 Å². The van der Waals surface area contributed by atoms with Crippen LogP contribution in [0.3, 0.4) is 0 Å². The first-order valence-electron chi connectivity index (χ1n) is 8.81. The third-order valence-corrected chi connectivity index (χ3v) is 8.27. The highest BCUT2D eigenvalue weighted by atomic mass is 32.2. The molecule has 3 aromatic rings. The lowest BCUT2D eigenvalue weighted by Gasteiger charge is -2.38. The third-order valence-electron chi connectivity index (χ3n) is 4.69. The minimum Gasteiger partial charge on any atom is -0.443 e. The molecule has 0 unspecified atom stereocenters. The van der Waals surface area contributed by atoms with Crippen molar-refractivity contribution >= 4 is 27.3 Å². The third kappa shape index (κ3) is 3.48. The molecule has 146 valence electrons. The van der Waals surface area contributed by atoms with Crippen LogP contribution in [0, 0.1) is 0 Å². The van der Waals surface area contributed by atoms with Crippen LogP contribution in [-0.2, 0) is 10.0 Å². The first-order valence-corrected chi connectivity index (χ1v) is 11.1. The zero-order chi connectivity index (χ0) is 19.7. The summed E-state index contributed by atoms with van der Waals surface area (Å²) in [5, 5.41) is 0. The number of aromatic nitrogens is 1. The molecule has 4 rings (SSSR count). The number of hydrogen-bond acceptors (Lipinski definition) is 6. The highest BCUT2D eigenvalue weighted by molar-refractivity contribution is 7.91. The number of sulfonamides is 1. The Morgan fingerprint density at radius 2 is 1.96 bits per heavy atom. The average Bonchev–Trinajstić information content (AvgIpc) is 3.39. The highest BCUT2D eigenvalue weighted by Crippen LogP contribution is 2.33. The first kappa shape index (κ1) is 18.9. The van der Waals surface area contributed by atoms with Gasteiger partial charge >= 0.3 is 0 Å². The number of thiophene rings is 1. The number of amides is 1. The molecule has 1 aliphatic heterocycles. The SMILES string of the molecule is C[C@@H]1CN(C(=O)c2ccccc2)CCN1S(=O)(=O)c1ccc(-c2cnco2)s1. The highest BCUT2D eigenvalue weighted by Gasteiger charge is 2.36. The minimum absolute atomic E-state index is 0.0757. The van der Waals surface area contributed by atoms with E-state index < -0.39 is 10.0 Å². The van der Waals surface area contributed by atoms with E-state index in [9.17, 15) is 13.2 Å². The van der Waals surface area contributed by atoms with E-state index >= 15 is 0 Å². The van der Waals surface area contributed by atoms with Crippen LogP contribution in [0.25, 0.3) is 10.6 Å². The molecule has 1 aromatic carbocycles. The van der Waals surface area contributed by atoms with Crippen LogP contribution in [0.2, 0.25) is 0 Å². The van der Waals surface area contributed by atoms with Gasteiger partial charge in [0.25, 0.3) is 15.9 Å². The van der Waals surface area contributed by atoms with Crippen LogP contribution in [0.1, 0.15) is 17.3 Å². The quantitative estimate of drug-likeness (QED) is 0.652. The number of oxazole rings is 1. The molecule has 7 nitrogen and oxygen atoms in total. The van der Waals surface area contributed by atoms with E-state index in [0.29, 0.717) is 29.3 Å². The number of carbonyl (C=O) groups is 1. The van der Waals surface area contributed by atoms with Crippen LogP contribution < -0.4 is 0 Å². The predicted molar refractivity (Wildman–Crippen MR) is 106 cm³/mol. The Balaban J connectivity index is 1.50. The van der Waals surface area contributed by atoms with Crippen LogP contribution in [-0.4, -0.2) is 54.2 Å².